The number of carboxylic acid groups (broad SMARTS) is 1. The summed E-state index contributed by atoms with van der Waals surface area (Å²) >= 11 is 1.53. The molecule has 1 fully saturated rings. The normalized spacial score (nSPS) is 25.9. The third-order valence-electron chi connectivity index (χ3n) is 3.97. The number of carboxylic acids is 1. The molecule has 2 atom stereocenters. The fraction of sp³-hybridized carbons (Fsp3) is 0.615. The Bertz CT molecular complexity index is 514. The van der Waals surface area contributed by atoms with Gasteiger partial charge in [-0.1, -0.05) is 0 Å². The molecule has 1 N–H and O–H groups in total. The molecule has 1 aromatic rings. The maximum atomic E-state index is 13.1. The monoisotopic (exact) mass is 307 g/mol. The van der Waals surface area contributed by atoms with Crippen molar-refractivity contribution in [2.24, 2.45) is 5.41 Å². The second-order valence-electron chi connectivity index (χ2n) is 5.23. The van der Waals surface area contributed by atoms with E-state index in [0.29, 0.717) is 0 Å². The van der Waals surface area contributed by atoms with Crippen molar-refractivity contribution >= 4 is 17.3 Å². The predicted molar refractivity (Wildman–Crippen MR) is 69.8 cm³/mol. The van der Waals surface area contributed by atoms with Gasteiger partial charge in [-0.3, -0.25) is 9.69 Å². The molecule has 0 radical (unpaired) electrons. The Labute approximate surface area is 119 Å². The lowest BCUT2D eigenvalue weighted by Crippen LogP contribution is -2.47. The minimum atomic E-state index is -4.72. The minimum Gasteiger partial charge on any atom is -0.481 e. The van der Waals surface area contributed by atoms with Gasteiger partial charge in [0.05, 0.1) is 0 Å². The second kappa shape index (κ2) is 5.04. The van der Waals surface area contributed by atoms with Crippen LogP contribution in [-0.2, 0) is 4.79 Å². The highest BCUT2D eigenvalue weighted by Gasteiger charge is 2.63. The number of aryl methyl sites for hydroxylation is 1. The summed E-state index contributed by atoms with van der Waals surface area (Å²) in [4.78, 5) is 14.8. The Balaban J connectivity index is 2.21. The van der Waals surface area contributed by atoms with Gasteiger partial charge >= 0.3 is 12.1 Å². The van der Waals surface area contributed by atoms with Crippen LogP contribution in [0.1, 0.15) is 29.1 Å². The molecule has 0 saturated carbocycles. The van der Waals surface area contributed by atoms with Gasteiger partial charge in [0.2, 0.25) is 0 Å². The van der Waals surface area contributed by atoms with Crippen LogP contribution in [0.3, 0.4) is 0 Å². The van der Waals surface area contributed by atoms with E-state index in [4.69, 9.17) is 5.11 Å². The molecule has 1 saturated heterocycles. The maximum absolute atomic E-state index is 13.1. The first kappa shape index (κ1) is 15.3. The second-order valence-corrected chi connectivity index (χ2v) is 6.55. The SMILES string of the molecule is Cc1ccc(C(C)N2CCC(C(=O)O)(C(F)(F)F)C2)s1. The first-order valence-electron chi connectivity index (χ1n) is 6.28. The van der Waals surface area contributed by atoms with Crippen molar-refractivity contribution < 1.29 is 23.1 Å². The summed E-state index contributed by atoms with van der Waals surface area (Å²) in [5, 5.41) is 9.03. The van der Waals surface area contributed by atoms with E-state index in [1.54, 1.807) is 4.90 Å². The largest absolute Gasteiger partial charge is 0.481 e. The highest BCUT2D eigenvalue weighted by Crippen LogP contribution is 2.47. The summed E-state index contributed by atoms with van der Waals surface area (Å²) in [6.07, 6.45) is -5.11. The van der Waals surface area contributed by atoms with Crippen molar-refractivity contribution in [2.75, 3.05) is 13.1 Å². The third-order valence-corrected chi connectivity index (χ3v) is 5.14. The van der Waals surface area contributed by atoms with E-state index in [2.05, 4.69) is 0 Å². The van der Waals surface area contributed by atoms with Gasteiger partial charge in [-0.25, -0.2) is 0 Å². The Kier molecular flexibility index (Phi) is 3.85. The molecule has 0 aliphatic carbocycles. The van der Waals surface area contributed by atoms with Crippen LogP contribution in [0.5, 0.6) is 0 Å². The van der Waals surface area contributed by atoms with Gasteiger partial charge in [0.15, 0.2) is 5.41 Å². The van der Waals surface area contributed by atoms with Gasteiger partial charge in [0.25, 0.3) is 0 Å². The zero-order chi connectivity index (χ0) is 15.1. The quantitative estimate of drug-likeness (QED) is 0.929. The molecule has 112 valence electrons. The van der Waals surface area contributed by atoms with Crippen molar-refractivity contribution in [3.63, 3.8) is 0 Å². The first-order chi connectivity index (χ1) is 9.17. The third kappa shape index (κ3) is 2.44. The summed E-state index contributed by atoms with van der Waals surface area (Å²) in [6.45, 7) is 3.41. The lowest BCUT2D eigenvalue weighted by molar-refractivity contribution is -0.227. The molecule has 0 bridgehead atoms. The topological polar surface area (TPSA) is 40.5 Å². The van der Waals surface area contributed by atoms with Crippen molar-refractivity contribution in [1.29, 1.82) is 0 Å². The number of hydrogen-bond acceptors (Lipinski definition) is 3. The van der Waals surface area contributed by atoms with Crippen LogP contribution in [0.4, 0.5) is 13.2 Å². The van der Waals surface area contributed by atoms with Gasteiger partial charge in [-0.05, 0) is 32.4 Å². The standard InChI is InChI=1S/C13H16F3NO2S/c1-8-3-4-10(20-8)9(2)17-6-5-12(7-17,11(18)19)13(14,15)16/h3-4,9H,5-7H2,1-2H3,(H,18,19). The van der Waals surface area contributed by atoms with Gasteiger partial charge in [0.1, 0.15) is 0 Å². The van der Waals surface area contributed by atoms with Crippen LogP contribution < -0.4 is 0 Å². The van der Waals surface area contributed by atoms with Crippen LogP contribution in [0.25, 0.3) is 0 Å². The van der Waals surface area contributed by atoms with E-state index in [9.17, 15) is 18.0 Å². The van der Waals surface area contributed by atoms with Crippen LogP contribution in [0.15, 0.2) is 12.1 Å². The van der Waals surface area contributed by atoms with Crippen LogP contribution >= 0.6 is 11.3 Å². The van der Waals surface area contributed by atoms with E-state index in [-0.39, 0.29) is 19.0 Å². The van der Waals surface area contributed by atoms with Crippen molar-refractivity contribution in [1.82, 2.24) is 4.90 Å². The average molecular weight is 307 g/mol. The number of nitrogens with zero attached hydrogens (tertiary/aromatic N) is 1. The number of hydrogen-bond donors (Lipinski definition) is 1. The number of aliphatic carboxylic acids is 1. The number of rotatable bonds is 3. The van der Waals surface area contributed by atoms with Gasteiger partial charge < -0.3 is 5.11 Å². The zero-order valence-electron chi connectivity index (χ0n) is 11.2. The lowest BCUT2D eigenvalue weighted by Gasteiger charge is -2.29. The number of alkyl halides is 3. The molecule has 2 unspecified atom stereocenters. The fourth-order valence-corrected chi connectivity index (χ4v) is 3.52. The van der Waals surface area contributed by atoms with Crippen molar-refractivity contribution in [2.45, 2.75) is 32.5 Å². The molecule has 20 heavy (non-hydrogen) atoms. The van der Waals surface area contributed by atoms with Crippen LogP contribution in [0.2, 0.25) is 0 Å². The van der Waals surface area contributed by atoms with Gasteiger partial charge in [0, 0.05) is 28.9 Å². The molecule has 1 aromatic heterocycles. The summed E-state index contributed by atoms with van der Waals surface area (Å²) in [7, 11) is 0. The molecule has 2 rings (SSSR count). The van der Waals surface area contributed by atoms with Gasteiger partial charge in [-0.15, -0.1) is 11.3 Å². The zero-order valence-corrected chi connectivity index (χ0v) is 12.0. The Hall–Kier alpha value is -1.08. The molecular weight excluding hydrogens is 291 g/mol. The molecule has 1 aliphatic rings. The first-order valence-corrected chi connectivity index (χ1v) is 7.09. The number of carbonyl (C=O) groups is 1. The smallest absolute Gasteiger partial charge is 0.406 e. The molecule has 3 nitrogen and oxygen atoms in total. The molecule has 0 spiro atoms. The number of likely N-dealkylation sites (tertiary alicyclic amines) is 1. The molecule has 2 heterocycles. The van der Waals surface area contributed by atoms with Crippen LogP contribution in [-0.4, -0.2) is 35.2 Å². The van der Waals surface area contributed by atoms with Crippen LogP contribution in [0, 0.1) is 12.3 Å². The fourth-order valence-electron chi connectivity index (χ4n) is 2.55. The summed E-state index contributed by atoms with van der Waals surface area (Å²) in [6, 6.07) is 3.61. The Morgan fingerprint density at radius 3 is 2.55 bits per heavy atom. The van der Waals surface area contributed by atoms with E-state index in [1.165, 1.54) is 11.3 Å². The average Bonchev–Trinajstić information content (AvgIpc) is 2.93. The Morgan fingerprint density at radius 1 is 1.50 bits per heavy atom. The van der Waals surface area contributed by atoms with E-state index in [1.807, 2.05) is 26.0 Å². The van der Waals surface area contributed by atoms with E-state index >= 15 is 0 Å². The van der Waals surface area contributed by atoms with E-state index < -0.39 is 24.1 Å². The highest BCUT2D eigenvalue weighted by molar-refractivity contribution is 7.12. The van der Waals surface area contributed by atoms with Gasteiger partial charge in [-0.2, -0.15) is 13.2 Å². The molecule has 0 aromatic carbocycles. The van der Waals surface area contributed by atoms with Crippen molar-refractivity contribution in [3.8, 4) is 0 Å². The molecular formula is C13H16F3NO2S. The highest BCUT2D eigenvalue weighted by atomic mass is 32.1. The predicted octanol–water partition coefficient (Wildman–Crippen LogP) is 3.46. The summed E-state index contributed by atoms with van der Waals surface area (Å²) in [5.41, 5.74) is -2.63. The van der Waals surface area contributed by atoms with E-state index in [0.717, 1.165) is 9.75 Å². The minimum absolute atomic E-state index is 0.143. The number of thiophene rings is 1. The lowest BCUT2D eigenvalue weighted by atomic mass is 9.86. The molecule has 7 heteroatoms. The maximum Gasteiger partial charge on any atom is 0.406 e. The summed E-state index contributed by atoms with van der Waals surface area (Å²) < 4.78 is 39.3. The number of halogens is 3. The molecule has 0 amide bonds. The Morgan fingerprint density at radius 2 is 2.15 bits per heavy atom. The van der Waals surface area contributed by atoms with Crippen molar-refractivity contribution in [3.05, 3.63) is 21.9 Å². The summed E-state index contributed by atoms with van der Waals surface area (Å²) in [5.74, 6) is -1.78. The molecule has 1 aliphatic heterocycles.